The summed E-state index contributed by atoms with van der Waals surface area (Å²) in [5, 5.41) is 8.30. The first kappa shape index (κ1) is 7.65. The molecule has 0 atom stereocenters. The van der Waals surface area contributed by atoms with Crippen molar-refractivity contribution in [2.75, 3.05) is 0 Å². The largest absolute Gasteiger partial charge is 0.481 e. The number of carboxylic acids is 1. The van der Waals surface area contributed by atoms with Crippen molar-refractivity contribution in [2.45, 2.75) is 6.42 Å². The number of pyridine rings is 1. The molecule has 1 rings (SSSR count). The topological polar surface area (TPSA) is 50.2 Å². The Balaban J connectivity index is 2.79. The molecule has 4 heteroatoms. The average Bonchev–Trinajstić information content (AvgIpc) is 1.85. The number of aromatic nitrogens is 1. The molecule has 1 aromatic heterocycles. The minimum atomic E-state index is -1.01. The van der Waals surface area contributed by atoms with Gasteiger partial charge in [-0.15, -0.1) is 0 Å². The Bertz CT molecular complexity index is 275. The van der Waals surface area contributed by atoms with Crippen LogP contribution in [0.4, 0.5) is 4.39 Å². The zero-order chi connectivity index (χ0) is 8.27. The molecule has 1 heterocycles. The van der Waals surface area contributed by atoms with Crippen LogP contribution in [0.15, 0.2) is 18.2 Å². The van der Waals surface area contributed by atoms with E-state index in [0.29, 0.717) is 0 Å². The number of rotatable bonds is 2. The lowest BCUT2D eigenvalue weighted by atomic mass is 10.3. The Labute approximate surface area is 62.5 Å². The van der Waals surface area contributed by atoms with Crippen LogP contribution in [-0.4, -0.2) is 16.1 Å². The Morgan fingerprint density at radius 2 is 2.36 bits per heavy atom. The number of carboxylic acid groups (broad SMARTS) is 1. The minimum Gasteiger partial charge on any atom is -0.481 e. The van der Waals surface area contributed by atoms with Gasteiger partial charge in [-0.05, 0) is 12.1 Å². The molecule has 11 heavy (non-hydrogen) atoms. The maximum absolute atomic E-state index is 12.3. The molecule has 3 nitrogen and oxygen atoms in total. The van der Waals surface area contributed by atoms with Crippen LogP contribution in [0.2, 0.25) is 0 Å². The summed E-state index contributed by atoms with van der Waals surface area (Å²) in [5.74, 6) is -1.66. The van der Waals surface area contributed by atoms with E-state index in [-0.39, 0.29) is 12.1 Å². The Morgan fingerprint density at radius 3 is 2.91 bits per heavy atom. The lowest BCUT2D eigenvalue weighted by Crippen LogP contribution is -2.02. The zero-order valence-electron chi connectivity index (χ0n) is 5.62. The van der Waals surface area contributed by atoms with Crippen LogP contribution in [0.3, 0.4) is 0 Å². The smallest absolute Gasteiger partial charge is 0.309 e. The molecular formula is C7H6FNO2. The standard InChI is InChI=1S/C7H6FNO2/c8-6-3-1-2-5(9-6)4-7(10)11/h1-3H,4H2,(H,10,11). The van der Waals surface area contributed by atoms with Gasteiger partial charge >= 0.3 is 5.97 Å². The Hall–Kier alpha value is -1.45. The van der Waals surface area contributed by atoms with Crippen molar-refractivity contribution < 1.29 is 14.3 Å². The Kier molecular flexibility index (Phi) is 2.15. The molecule has 0 aliphatic rings. The Morgan fingerprint density at radius 1 is 1.64 bits per heavy atom. The molecule has 0 unspecified atom stereocenters. The van der Waals surface area contributed by atoms with E-state index in [9.17, 15) is 9.18 Å². The summed E-state index contributed by atoms with van der Waals surface area (Å²) < 4.78 is 12.3. The molecule has 0 aliphatic carbocycles. The second-order valence-electron chi connectivity index (χ2n) is 2.02. The van der Waals surface area contributed by atoms with Crippen molar-refractivity contribution in [2.24, 2.45) is 0 Å². The van der Waals surface area contributed by atoms with Crippen LogP contribution >= 0.6 is 0 Å². The molecule has 0 aromatic carbocycles. The molecule has 0 aliphatic heterocycles. The van der Waals surface area contributed by atoms with E-state index in [4.69, 9.17) is 5.11 Å². The lowest BCUT2D eigenvalue weighted by molar-refractivity contribution is -0.136. The summed E-state index contributed by atoms with van der Waals surface area (Å²) >= 11 is 0. The van der Waals surface area contributed by atoms with Crippen molar-refractivity contribution in [3.05, 3.63) is 29.8 Å². The first-order valence-corrected chi connectivity index (χ1v) is 3.02. The van der Waals surface area contributed by atoms with Gasteiger partial charge in [0.15, 0.2) is 0 Å². The molecule has 0 fully saturated rings. The summed E-state index contributed by atoms with van der Waals surface area (Å²) in [6.07, 6.45) is -0.238. The van der Waals surface area contributed by atoms with Crippen molar-refractivity contribution in [1.29, 1.82) is 0 Å². The van der Waals surface area contributed by atoms with Crippen LogP contribution in [0.5, 0.6) is 0 Å². The number of nitrogens with zero attached hydrogens (tertiary/aromatic N) is 1. The van der Waals surface area contributed by atoms with Gasteiger partial charge in [0.1, 0.15) is 0 Å². The van der Waals surface area contributed by atoms with E-state index < -0.39 is 11.9 Å². The fraction of sp³-hybridized carbons (Fsp3) is 0.143. The molecule has 58 valence electrons. The fourth-order valence-electron chi connectivity index (χ4n) is 0.704. The first-order chi connectivity index (χ1) is 5.18. The third-order valence-electron chi connectivity index (χ3n) is 1.11. The van der Waals surface area contributed by atoms with Crippen LogP contribution in [0, 0.1) is 5.95 Å². The van der Waals surface area contributed by atoms with E-state index in [2.05, 4.69) is 4.98 Å². The van der Waals surface area contributed by atoms with Gasteiger partial charge in [-0.2, -0.15) is 4.39 Å². The van der Waals surface area contributed by atoms with Gasteiger partial charge in [-0.3, -0.25) is 4.79 Å². The maximum Gasteiger partial charge on any atom is 0.309 e. The van der Waals surface area contributed by atoms with Crippen LogP contribution in [-0.2, 0) is 11.2 Å². The summed E-state index contributed by atoms with van der Waals surface area (Å²) in [7, 11) is 0. The van der Waals surface area contributed by atoms with Gasteiger partial charge in [-0.25, -0.2) is 4.98 Å². The van der Waals surface area contributed by atoms with Crippen LogP contribution in [0.1, 0.15) is 5.69 Å². The average molecular weight is 155 g/mol. The summed E-state index contributed by atoms with van der Waals surface area (Å²) in [6, 6.07) is 4.07. The highest BCUT2D eigenvalue weighted by Crippen LogP contribution is 1.97. The summed E-state index contributed by atoms with van der Waals surface area (Å²) in [6.45, 7) is 0. The van der Waals surface area contributed by atoms with Crippen molar-refractivity contribution >= 4 is 5.97 Å². The SMILES string of the molecule is O=C(O)Cc1cccc(F)n1. The van der Waals surface area contributed by atoms with Crippen molar-refractivity contribution in [3.8, 4) is 0 Å². The number of aliphatic carboxylic acids is 1. The van der Waals surface area contributed by atoms with Gasteiger partial charge in [0.25, 0.3) is 0 Å². The molecule has 0 saturated heterocycles. The fourth-order valence-corrected chi connectivity index (χ4v) is 0.704. The van der Waals surface area contributed by atoms with Gasteiger partial charge in [0.05, 0.1) is 12.1 Å². The third kappa shape index (κ3) is 2.33. The maximum atomic E-state index is 12.3. The van der Waals surface area contributed by atoms with E-state index in [1.165, 1.54) is 18.2 Å². The highest BCUT2D eigenvalue weighted by Gasteiger charge is 2.01. The second-order valence-corrected chi connectivity index (χ2v) is 2.02. The number of carbonyl (C=O) groups is 1. The predicted molar refractivity (Wildman–Crippen MR) is 35.5 cm³/mol. The van der Waals surface area contributed by atoms with Gasteiger partial charge in [0.2, 0.25) is 5.95 Å². The normalized spacial score (nSPS) is 9.55. The summed E-state index contributed by atoms with van der Waals surface area (Å²) in [5.41, 5.74) is 0.234. The van der Waals surface area contributed by atoms with E-state index in [1.807, 2.05) is 0 Å². The molecule has 0 spiro atoms. The number of hydrogen-bond donors (Lipinski definition) is 1. The molecule has 0 radical (unpaired) electrons. The minimum absolute atomic E-state index is 0.234. The molecule has 0 saturated carbocycles. The number of hydrogen-bond acceptors (Lipinski definition) is 2. The predicted octanol–water partition coefficient (Wildman–Crippen LogP) is 0.848. The molecule has 0 bridgehead atoms. The quantitative estimate of drug-likeness (QED) is 0.644. The number of halogens is 1. The molecular weight excluding hydrogens is 149 g/mol. The summed E-state index contributed by atoms with van der Waals surface area (Å²) in [4.78, 5) is 13.5. The van der Waals surface area contributed by atoms with Crippen LogP contribution < -0.4 is 0 Å². The monoisotopic (exact) mass is 155 g/mol. The van der Waals surface area contributed by atoms with E-state index >= 15 is 0 Å². The van der Waals surface area contributed by atoms with Crippen LogP contribution in [0.25, 0.3) is 0 Å². The third-order valence-corrected chi connectivity index (χ3v) is 1.11. The van der Waals surface area contributed by atoms with Gasteiger partial charge < -0.3 is 5.11 Å². The molecule has 1 aromatic rings. The highest BCUT2D eigenvalue weighted by molar-refractivity contribution is 5.69. The van der Waals surface area contributed by atoms with Crippen molar-refractivity contribution in [1.82, 2.24) is 4.98 Å². The molecule has 1 N–H and O–H groups in total. The zero-order valence-corrected chi connectivity index (χ0v) is 5.62. The second kappa shape index (κ2) is 3.09. The van der Waals surface area contributed by atoms with Crippen molar-refractivity contribution in [3.63, 3.8) is 0 Å². The highest BCUT2D eigenvalue weighted by atomic mass is 19.1. The van der Waals surface area contributed by atoms with Gasteiger partial charge in [-0.1, -0.05) is 6.07 Å². The molecule has 0 amide bonds. The lowest BCUT2D eigenvalue weighted by Gasteiger charge is -1.93. The van der Waals surface area contributed by atoms with E-state index in [1.54, 1.807) is 0 Å². The van der Waals surface area contributed by atoms with Gasteiger partial charge in [0, 0.05) is 0 Å². The van der Waals surface area contributed by atoms with E-state index in [0.717, 1.165) is 0 Å². The first-order valence-electron chi connectivity index (χ1n) is 3.02.